The average molecular weight is 418 g/mol. The molecule has 1 aliphatic carbocycles. The predicted octanol–water partition coefficient (Wildman–Crippen LogP) is 3.96. The van der Waals surface area contributed by atoms with Crippen molar-refractivity contribution >= 4 is 16.7 Å². The highest BCUT2D eigenvalue weighted by atomic mass is 19.3. The molecule has 158 valence electrons. The van der Waals surface area contributed by atoms with Gasteiger partial charge in [-0.25, -0.2) is 23.1 Å². The minimum Gasteiger partial charge on any atom is -0.369 e. The van der Waals surface area contributed by atoms with Crippen molar-refractivity contribution < 1.29 is 18.3 Å². The van der Waals surface area contributed by atoms with Gasteiger partial charge in [-0.05, 0) is 26.7 Å². The van der Waals surface area contributed by atoms with E-state index in [1.165, 1.54) is 18.2 Å². The SMILES string of the molecule is Cc1nc(NC(O)c2cccc(C(C)(F)F)c2F)c2cn(C3(C)CC3)c(=O)cc2n1. The van der Waals surface area contributed by atoms with Crippen LogP contribution in [-0.4, -0.2) is 19.6 Å². The molecule has 1 unspecified atom stereocenters. The van der Waals surface area contributed by atoms with Gasteiger partial charge < -0.3 is 15.0 Å². The molecule has 0 radical (unpaired) electrons. The lowest BCUT2D eigenvalue weighted by atomic mass is 10.0. The molecule has 1 aliphatic rings. The van der Waals surface area contributed by atoms with Crippen molar-refractivity contribution in [1.29, 1.82) is 0 Å². The van der Waals surface area contributed by atoms with Crippen LogP contribution in [0.4, 0.5) is 19.0 Å². The number of rotatable bonds is 5. The molecule has 4 rings (SSSR count). The monoisotopic (exact) mass is 418 g/mol. The number of benzene rings is 1. The number of nitrogens with zero attached hydrogens (tertiary/aromatic N) is 3. The van der Waals surface area contributed by atoms with Crippen molar-refractivity contribution in [2.45, 2.75) is 51.3 Å². The Kier molecular flexibility index (Phi) is 4.61. The number of fused-ring (bicyclic) bond motifs is 1. The van der Waals surface area contributed by atoms with Crippen LogP contribution in [0.1, 0.15) is 49.9 Å². The highest BCUT2D eigenvalue weighted by molar-refractivity contribution is 5.88. The highest BCUT2D eigenvalue weighted by Crippen LogP contribution is 2.42. The van der Waals surface area contributed by atoms with Crippen molar-refractivity contribution in [3.63, 3.8) is 0 Å². The lowest BCUT2D eigenvalue weighted by molar-refractivity contribution is 0.0133. The molecule has 2 N–H and O–H groups in total. The van der Waals surface area contributed by atoms with Crippen LogP contribution in [0, 0.1) is 12.7 Å². The number of nitrogens with one attached hydrogen (secondary N) is 1. The second kappa shape index (κ2) is 6.80. The van der Waals surface area contributed by atoms with Gasteiger partial charge in [0.1, 0.15) is 17.5 Å². The fraction of sp³-hybridized carbons (Fsp3) is 0.381. The Balaban J connectivity index is 1.78. The maximum absolute atomic E-state index is 14.6. The number of aromatic nitrogens is 3. The van der Waals surface area contributed by atoms with E-state index in [0.29, 0.717) is 23.7 Å². The van der Waals surface area contributed by atoms with Crippen molar-refractivity contribution in [1.82, 2.24) is 14.5 Å². The molecule has 2 aromatic heterocycles. The van der Waals surface area contributed by atoms with E-state index in [2.05, 4.69) is 15.3 Å². The molecule has 0 amide bonds. The molecular formula is C21H21F3N4O2. The third-order valence-corrected chi connectivity index (χ3v) is 5.47. The Morgan fingerprint density at radius 3 is 2.63 bits per heavy atom. The number of aliphatic hydroxyl groups excluding tert-OH is 1. The zero-order valence-corrected chi connectivity index (χ0v) is 16.7. The van der Waals surface area contributed by atoms with Crippen LogP contribution in [0.5, 0.6) is 0 Å². The first-order chi connectivity index (χ1) is 14.0. The Morgan fingerprint density at radius 2 is 2.00 bits per heavy atom. The summed E-state index contributed by atoms with van der Waals surface area (Å²) >= 11 is 0. The Labute approximate surface area is 170 Å². The normalized spacial score (nSPS) is 16.5. The van der Waals surface area contributed by atoms with Crippen molar-refractivity contribution in [3.05, 3.63) is 63.6 Å². The van der Waals surface area contributed by atoms with Crippen LogP contribution in [0.15, 0.2) is 35.3 Å². The molecule has 1 fully saturated rings. The summed E-state index contributed by atoms with van der Waals surface area (Å²) in [7, 11) is 0. The van der Waals surface area contributed by atoms with Gasteiger partial charge in [-0.15, -0.1) is 0 Å². The minimum atomic E-state index is -3.40. The lowest BCUT2D eigenvalue weighted by Crippen LogP contribution is -2.27. The molecule has 6 nitrogen and oxygen atoms in total. The summed E-state index contributed by atoms with van der Waals surface area (Å²) in [6.45, 7) is 4.17. The number of alkyl halides is 2. The third kappa shape index (κ3) is 3.54. The maximum atomic E-state index is 14.6. The fourth-order valence-electron chi connectivity index (χ4n) is 3.48. The average Bonchev–Trinajstić information content (AvgIpc) is 3.38. The number of aryl methyl sites for hydroxylation is 1. The van der Waals surface area contributed by atoms with Crippen molar-refractivity contribution in [2.75, 3.05) is 5.32 Å². The number of anilines is 1. The lowest BCUT2D eigenvalue weighted by Gasteiger charge is -2.20. The van der Waals surface area contributed by atoms with Crippen LogP contribution < -0.4 is 10.9 Å². The number of hydrogen-bond acceptors (Lipinski definition) is 5. The number of halogens is 3. The molecule has 9 heteroatoms. The van der Waals surface area contributed by atoms with E-state index in [-0.39, 0.29) is 22.5 Å². The van der Waals surface area contributed by atoms with E-state index in [9.17, 15) is 23.1 Å². The second-order valence-electron chi connectivity index (χ2n) is 8.04. The molecule has 0 bridgehead atoms. The zero-order chi connectivity index (χ0) is 21.8. The van der Waals surface area contributed by atoms with Crippen LogP contribution in [-0.2, 0) is 11.5 Å². The van der Waals surface area contributed by atoms with E-state index < -0.39 is 23.5 Å². The summed E-state index contributed by atoms with van der Waals surface area (Å²) in [5.74, 6) is -4.08. The zero-order valence-electron chi connectivity index (χ0n) is 16.7. The Hall–Kier alpha value is -2.94. The Bertz CT molecular complexity index is 1200. The van der Waals surface area contributed by atoms with Gasteiger partial charge in [-0.2, -0.15) is 0 Å². The topological polar surface area (TPSA) is 80.0 Å². The second-order valence-corrected chi connectivity index (χ2v) is 8.04. The van der Waals surface area contributed by atoms with Crippen LogP contribution >= 0.6 is 0 Å². The van der Waals surface area contributed by atoms with Crippen LogP contribution in [0.25, 0.3) is 10.9 Å². The van der Waals surface area contributed by atoms with Crippen LogP contribution in [0.3, 0.4) is 0 Å². The molecule has 30 heavy (non-hydrogen) atoms. The number of aliphatic hydroxyl groups is 1. The first-order valence-corrected chi connectivity index (χ1v) is 9.52. The van der Waals surface area contributed by atoms with E-state index >= 15 is 0 Å². The van der Waals surface area contributed by atoms with Gasteiger partial charge in [0.05, 0.1) is 16.5 Å². The van der Waals surface area contributed by atoms with E-state index in [4.69, 9.17) is 0 Å². The summed E-state index contributed by atoms with van der Waals surface area (Å²) in [6.07, 6.45) is 1.70. The fourth-order valence-corrected chi connectivity index (χ4v) is 3.48. The third-order valence-electron chi connectivity index (χ3n) is 5.47. The van der Waals surface area contributed by atoms with Crippen molar-refractivity contribution in [2.24, 2.45) is 0 Å². The summed E-state index contributed by atoms with van der Waals surface area (Å²) < 4.78 is 43.5. The summed E-state index contributed by atoms with van der Waals surface area (Å²) in [5.41, 5.74) is -1.24. The van der Waals surface area contributed by atoms with Crippen molar-refractivity contribution in [3.8, 4) is 0 Å². The smallest absolute Gasteiger partial charge is 0.273 e. The summed E-state index contributed by atoms with van der Waals surface area (Å²) in [5, 5.41) is 13.7. The highest BCUT2D eigenvalue weighted by Gasteiger charge is 2.40. The first-order valence-electron chi connectivity index (χ1n) is 9.52. The van der Waals surface area contributed by atoms with E-state index in [1.54, 1.807) is 17.7 Å². The van der Waals surface area contributed by atoms with E-state index in [1.807, 2.05) is 6.92 Å². The van der Waals surface area contributed by atoms with Gasteiger partial charge in [0.2, 0.25) is 0 Å². The van der Waals surface area contributed by atoms with Gasteiger partial charge in [0, 0.05) is 30.3 Å². The van der Waals surface area contributed by atoms with Gasteiger partial charge in [0.15, 0.2) is 6.23 Å². The van der Waals surface area contributed by atoms with Gasteiger partial charge in [-0.1, -0.05) is 18.2 Å². The predicted molar refractivity (Wildman–Crippen MR) is 106 cm³/mol. The maximum Gasteiger partial charge on any atom is 0.273 e. The molecule has 2 heterocycles. The molecule has 0 saturated heterocycles. The van der Waals surface area contributed by atoms with Gasteiger partial charge >= 0.3 is 0 Å². The number of pyridine rings is 1. The minimum absolute atomic E-state index is 0.177. The van der Waals surface area contributed by atoms with Gasteiger partial charge in [-0.3, -0.25) is 4.79 Å². The van der Waals surface area contributed by atoms with Gasteiger partial charge in [0.25, 0.3) is 11.5 Å². The Morgan fingerprint density at radius 1 is 1.30 bits per heavy atom. The molecule has 1 aromatic carbocycles. The van der Waals surface area contributed by atoms with Crippen LogP contribution in [0.2, 0.25) is 0 Å². The standard InChI is InChI=1S/C21H21F3N4O2/c1-11-25-15-9-16(29)28(20(2)7-8-20)10-13(15)18(26-11)27-19(30)12-5-4-6-14(17(12)22)21(3,23)24/h4-6,9-10,19,30H,7-8H2,1-3H3,(H,25,26,27). The van der Waals surface area contributed by atoms with E-state index in [0.717, 1.165) is 18.9 Å². The molecular weight excluding hydrogens is 397 g/mol. The first kappa shape index (κ1) is 20.3. The molecule has 1 atom stereocenters. The molecule has 0 aliphatic heterocycles. The molecule has 3 aromatic rings. The summed E-state index contributed by atoms with van der Waals surface area (Å²) in [4.78, 5) is 21.0. The number of hydrogen-bond donors (Lipinski definition) is 2. The quantitative estimate of drug-likeness (QED) is 0.613. The largest absolute Gasteiger partial charge is 0.369 e. The molecule has 1 saturated carbocycles. The summed E-state index contributed by atoms with van der Waals surface area (Å²) in [6, 6.07) is 4.85. The molecule has 0 spiro atoms.